The quantitative estimate of drug-likeness (QED) is 0.361. The Bertz CT molecular complexity index is 151. The maximum absolute atomic E-state index is 3.59. The summed E-state index contributed by atoms with van der Waals surface area (Å²) in [5, 5.41) is 2.15. The fraction of sp³-hybridized carbons (Fsp3) is 0.273. The van der Waals surface area contributed by atoms with Gasteiger partial charge in [-0.1, -0.05) is 45.2 Å². The van der Waals surface area contributed by atoms with Crippen LogP contribution in [0.5, 0.6) is 0 Å². The van der Waals surface area contributed by atoms with Crippen molar-refractivity contribution in [3.05, 3.63) is 48.6 Å². The van der Waals surface area contributed by atoms with Gasteiger partial charge in [0.1, 0.15) is 0 Å². The molecule has 0 aliphatic carbocycles. The molecule has 0 radical (unpaired) electrons. The Morgan fingerprint density at radius 3 is 1.15 bits per heavy atom. The molecule has 0 nitrogen and oxygen atoms in total. The highest BCUT2D eigenvalue weighted by Gasteiger charge is 1.82. The normalized spacial score (nSPS) is 9.00. The fourth-order valence-electron chi connectivity index (χ4n) is 0.236. The molecule has 0 heterocycles. The van der Waals surface area contributed by atoms with Gasteiger partial charge in [0.2, 0.25) is 0 Å². The first kappa shape index (κ1) is 18.6. The van der Waals surface area contributed by atoms with E-state index in [4.69, 9.17) is 0 Å². The van der Waals surface area contributed by atoms with Crippen molar-refractivity contribution in [3.8, 4) is 0 Å². The van der Waals surface area contributed by atoms with Crippen LogP contribution in [0.2, 0.25) is 0 Å². The molecular formula is C11H22P2. The molecule has 0 fully saturated rings. The van der Waals surface area contributed by atoms with Crippen LogP contribution in [0.25, 0.3) is 0 Å². The molecule has 2 heteroatoms. The summed E-state index contributed by atoms with van der Waals surface area (Å²) in [6.45, 7) is 16.4. The summed E-state index contributed by atoms with van der Waals surface area (Å²) >= 11 is 0. The van der Waals surface area contributed by atoms with Gasteiger partial charge in [0.05, 0.1) is 0 Å². The van der Waals surface area contributed by atoms with Crippen molar-refractivity contribution < 1.29 is 0 Å². The molecule has 0 rings (SSSR count). The minimum Gasteiger partial charge on any atom is -0.105 e. The van der Waals surface area contributed by atoms with Gasteiger partial charge in [-0.2, -0.15) is 0 Å². The average Bonchev–Trinajstić information content (AvgIpc) is 2.19. The molecule has 13 heavy (non-hydrogen) atoms. The zero-order valence-electron chi connectivity index (χ0n) is 9.01. The highest BCUT2D eigenvalue weighted by molar-refractivity contribution is 7.28. The molecule has 2 unspecified atom stereocenters. The highest BCUT2D eigenvalue weighted by Crippen LogP contribution is 2.19. The Balaban J connectivity index is -0.000000169. The minimum absolute atomic E-state index is 1.07. The smallest absolute Gasteiger partial charge is 0.0237 e. The monoisotopic (exact) mass is 216 g/mol. The molecule has 0 aromatic heterocycles. The van der Waals surface area contributed by atoms with E-state index < -0.39 is 0 Å². The molecule has 76 valence electrons. The molecular weight excluding hydrogens is 194 g/mol. The first-order chi connectivity index (χ1) is 6.13. The maximum Gasteiger partial charge on any atom is -0.0237 e. The largest absolute Gasteiger partial charge is 0.105 e. The summed E-state index contributed by atoms with van der Waals surface area (Å²) in [6, 6.07) is 0. The van der Waals surface area contributed by atoms with Gasteiger partial charge in [0, 0.05) is 0 Å². The predicted octanol–water partition coefficient (Wildman–Crippen LogP) is 4.54. The van der Waals surface area contributed by atoms with Gasteiger partial charge in [0.25, 0.3) is 0 Å². The molecule has 0 spiro atoms. The molecule has 0 aliphatic heterocycles. The summed E-state index contributed by atoms with van der Waals surface area (Å²) in [7, 11) is 5.13. The van der Waals surface area contributed by atoms with Gasteiger partial charge in [-0.15, -0.1) is 25.1 Å². The molecule has 0 aromatic rings. The minimum atomic E-state index is 1.07. The maximum atomic E-state index is 3.59. The molecule has 0 amide bonds. The zero-order valence-corrected chi connectivity index (χ0v) is 11.3. The summed E-state index contributed by atoms with van der Waals surface area (Å²) in [4.78, 5) is 0. The van der Waals surface area contributed by atoms with E-state index in [2.05, 4.69) is 38.2 Å². The second-order valence-electron chi connectivity index (χ2n) is 1.73. The second kappa shape index (κ2) is 17.8. The third kappa shape index (κ3) is 18.6. The first-order valence-corrected chi connectivity index (χ1v) is 5.36. The summed E-state index contributed by atoms with van der Waals surface area (Å²) in [6.07, 6.45) is 5.30. The molecule has 0 aromatic carbocycles. The predicted molar refractivity (Wildman–Crippen MR) is 74.1 cm³/mol. The number of allylic oxidation sites excluding steroid dienone is 5. The molecule has 0 N–H and O–H groups in total. The van der Waals surface area contributed by atoms with Gasteiger partial charge < -0.3 is 0 Å². The van der Waals surface area contributed by atoms with Crippen LogP contribution in [-0.2, 0) is 0 Å². The van der Waals surface area contributed by atoms with Crippen LogP contribution < -0.4 is 0 Å². The number of rotatable bonds is 2. The van der Waals surface area contributed by atoms with E-state index in [1.165, 1.54) is 0 Å². The van der Waals surface area contributed by atoms with E-state index in [9.17, 15) is 0 Å². The third-order valence-corrected chi connectivity index (χ3v) is 2.24. The van der Waals surface area contributed by atoms with Gasteiger partial charge >= 0.3 is 0 Å². The Morgan fingerprint density at radius 1 is 0.923 bits per heavy atom. The topological polar surface area (TPSA) is 0 Å². The van der Waals surface area contributed by atoms with E-state index in [-0.39, 0.29) is 0 Å². The van der Waals surface area contributed by atoms with Crippen molar-refractivity contribution in [2.75, 3.05) is 0 Å². The average molecular weight is 216 g/mol. The second-order valence-corrected chi connectivity index (χ2v) is 2.97. The Kier molecular flexibility index (Phi) is 25.4. The van der Waals surface area contributed by atoms with Crippen molar-refractivity contribution in [2.24, 2.45) is 0 Å². The van der Waals surface area contributed by atoms with Crippen molar-refractivity contribution in [2.45, 2.75) is 20.8 Å². The standard InChI is InChI=1S/C6H10P2.C3H6.C2H6/c1-3-5(7)6(8)4-2;1-3-2;1-2/h3-4H,1-2,7-8H2;3H,1H2,2H3;1-2H3/b6-5-;;. The van der Waals surface area contributed by atoms with Gasteiger partial charge in [-0.05, 0) is 17.6 Å². The van der Waals surface area contributed by atoms with Crippen molar-refractivity contribution in [1.82, 2.24) is 0 Å². The molecule has 0 saturated carbocycles. The van der Waals surface area contributed by atoms with E-state index in [0.717, 1.165) is 10.6 Å². The molecule has 0 saturated heterocycles. The van der Waals surface area contributed by atoms with Crippen LogP contribution in [0, 0.1) is 0 Å². The van der Waals surface area contributed by atoms with Crippen LogP contribution >= 0.6 is 18.5 Å². The van der Waals surface area contributed by atoms with E-state index in [0.29, 0.717) is 0 Å². The summed E-state index contributed by atoms with van der Waals surface area (Å²) in [5.41, 5.74) is 0. The Hall–Kier alpha value is -0.180. The number of hydrogen-bond donors (Lipinski definition) is 0. The first-order valence-electron chi connectivity index (χ1n) is 4.21. The Morgan fingerprint density at radius 2 is 1.08 bits per heavy atom. The van der Waals surface area contributed by atoms with Gasteiger partial charge in [-0.3, -0.25) is 0 Å². The van der Waals surface area contributed by atoms with E-state index >= 15 is 0 Å². The van der Waals surface area contributed by atoms with Gasteiger partial charge in [-0.25, -0.2) is 0 Å². The Labute approximate surface area is 88.3 Å². The van der Waals surface area contributed by atoms with Crippen LogP contribution in [-0.4, -0.2) is 0 Å². The molecule has 0 bridgehead atoms. The zero-order chi connectivity index (χ0) is 11.3. The van der Waals surface area contributed by atoms with Crippen LogP contribution in [0.1, 0.15) is 20.8 Å². The summed E-state index contributed by atoms with van der Waals surface area (Å²) in [5.74, 6) is 0. The lowest BCUT2D eigenvalue weighted by Crippen LogP contribution is -1.62. The van der Waals surface area contributed by atoms with E-state index in [1.54, 1.807) is 18.2 Å². The van der Waals surface area contributed by atoms with E-state index in [1.807, 2.05) is 20.8 Å². The lowest BCUT2D eigenvalue weighted by Gasteiger charge is -1.92. The number of hydrogen-bond acceptors (Lipinski definition) is 0. The van der Waals surface area contributed by atoms with Crippen molar-refractivity contribution in [3.63, 3.8) is 0 Å². The molecule has 2 atom stereocenters. The van der Waals surface area contributed by atoms with Crippen LogP contribution in [0.3, 0.4) is 0 Å². The van der Waals surface area contributed by atoms with Crippen molar-refractivity contribution in [1.29, 1.82) is 0 Å². The lowest BCUT2D eigenvalue weighted by atomic mass is 10.5. The van der Waals surface area contributed by atoms with Crippen LogP contribution in [0.15, 0.2) is 48.6 Å². The summed E-state index contributed by atoms with van der Waals surface area (Å²) < 4.78 is 0. The van der Waals surface area contributed by atoms with Gasteiger partial charge in [0.15, 0.2) is 0 Å². The van der Waals surface area contributed by atoms with Crippen LogP contribution in [0.4, 0.5) is 0 Å². The fourth-order valence-corrected chi connectivity index (χ4v) is 0.471. The third-order valence-electron chi connectivity index (χ3n) is 0.773. The highest BCUT2D eigenvalue weighted by atomic mass is 31.0. The SMILES string of the molecule is C=C/C(P)=C(/P)C=C.C=CC.CC. The lowest BCUT2D eigenvalue weighted by molar-refractivity contribution is 1.50. The molecule has 0 aliphatic rings. The van der Waals surface area contributed by atoms with Crippen molar-refractivity contribution >= 4 is 18.5 Å².